The number of anilines is 3. The minimum Gasteiger partial charge on any atom is -0.370 e. The maximum atomic E-state index is 8.76. The van der Waals surface area contributed by atoms with Crippen LogP contribution in [0, 0.1) is 17.2 Å². The van der Waals surface area contributed by atoms with Crippen molar-refractivity contribution in [2.75, 3.05) is 17.2 Å². The third-order valence-electron chi connectivity index (χ3n) is 2.62. The van der Waals surface area contributed by atoms with Crippen molar-refractivity contribution in [3.63, 3.8) is 0 Å². The van der Waals surface area contributed by atoms with Gasteiger partial charge in [-0.05, 0) is 36.2 Å². The number of benzene rings is 1. The molecule has 0 unspecified atom stereocenters. The number of rotatable bonds is 5. The summed E-state index contributed by atoms with van der Waals surface area (Å²) in [4.78, 5) is 8.56. The van der Waals surface area contributed by atoms with Crippen LogP contribution in [-0.2, 0) is 0 Å². The highest BCUT2D eigenvalue weighted by Gasteiger charge is 2.01. The van der Waals surface area contributed by atoms with Crippen LogP contribution in [0.15, 0.2) is 36.5 Å². The highest BCUT2D eigenvalue weighted by molar-refractivity contribution is 5.56. The van der Waals surface area contributed by atoms with Gasteiger partial charge in [0, 0.05) is 18.4 Å². The summed E-state index contributed by atoms with van der Waals surface area (Å²) >= 11 is 0. The van der Waals surface area contributed by atoms with Crippen molar-refractivity contribution in [3.8, 4) is 6.07 Å². The van der Waals surface area contributed by atoms with Gasteiger partial charge in [-0.3, -0.25) is 0 Å². The van der Waals surface area contributed by atoms with Crippen LogP contribution < -0.4 is 10.6 Å². The number of hydrogen-bond acceptors (Lipinski definition) is 5. The van der Waals surface area contributed by atoms with Crippen LogP contribution in [0.5, 0.6) is 0 Å². The third-order valence-corrected chi connectivity index (χ3v) is 2.62. The zero-order valence-electron chi connectivity index (χ0n) is 11.6. The lowest BCUT2D eigenvalue weighted by molar-refractivity contribution is 0.687. The van der Waals surface area contributed by atoms with Crippen molar-refractivity contribution < 1.29 is 0 Å². The van der Waals surface area contributed by atoms with Gasteiger partial charge in [0.1, 0.15) is 5.82 Å². The molecule has 0 aliphatic rings. The van der Waals surface area contributed by atoms with Gasteiger partial charge in [0.2, 0.25) is 5.95 Å². The number of nitrogens with zero attached hydrogens (tertiary/aromatic N) is 3. The van der Waals surface area contributed by atoms with Gasteiger partial charge in [-0.1, -0.05) is 13.8 Å². The molecule has 0 radical (unpaired) electrons. The second kappa shape index (κ2) is 6.53. The maximum Gasteiger partial charge on any atom is 0.229 e. The molecule has 0 bridgehead atoms. The van der Waals surface area contributed by atoms with Gasteiger partial charge in [-0.2, -0.15) is 10.2 Å². The molecule has 1 heterocycles. The van der Waals surface area contributed by atoms with Gasteiger partial charge in [0.25, 0.3) is 0 Å². The summed E-state index contributed by atoms with van der Waals surface area (Å²) in [6.45, 7) is 5.15. The average molecular weight is 267 g/mol. The lowest BCUT2D eigenvalue weighted by atomic mass is 10.2. The first-order chi connectivity index (χ1) is 9.67. The van der Waals surface area contributed by atoms with Gasteiger partial charge >= 0.3 is 0 Å². The van der Waals surface area contributed by atoms with Crippen LogP contribution in [0.3, 0.4) is 0 Å². The van der Waals surface area contributed by atoms with E-state index in [9.17, 15) is 0 Å². The number of nitriles is 1. The predicted octanol–water partition coefficient (Wildman–Crippen LogP) is 3.16. The van der Waals surface area contributed by atoms with Gasteiger partial charge in [-0.25, -0.2) is 4.98 Å². The van der Waals surface area contributed by atoms with Crippen LogP contribution in [0.1, 0.15) is 19.4 Å². The average Bonchev–Trinajstić information content (AvgIpc) is 2.46. The Kier molecular flexibility index (Phi) is 4.51. The summed E-state index contributed by atoms with van der Waals surface area (Å²) in [5.74, 6) is 1.88. The van der Waals surface area contributed by atoms with Gasteiger partial charge in [0.05, 0.1) is 11.6 Å². The van der Waals surface area contributed by atoms with Gasteiger partial charge in [0.15, 0.2) is 0 Å². The minimum atomic E-state index is 0.531. The lowest BCUT2D eigenvalue weighted by Crippen LogP contribution is -2.10. The first-order valence-electron chi connectivity index (χ1n) is 6.51. The van der Waals surface area contributed by atoms with E-state index >= 15 is 0 Å². The molecule has 1 aromatic carbocycles. The SMILES string of the molecule is CC(C)CNc1ccnc(Nc2ccc(C#N)cc2)n1. The monoisotopic (exact) mass is 267 g/mol. The Bertz CT molecular complexity index is 598. The molecule has 0 saturated carbocycles. The molecule has 0 amide bonds. The Morgan fingerprint density at radius 2 is 1.95 bits per heavy atom. The molecule has 0 saturated heterocycles. The molecule has 2 rings (SSSR count). The Labute approximate surface area is 118 Å². The molecule has 5 nitrogen and oxygen atoms in total. The van der Waals surface area contributed by atoms with E-state index in [0.717, 1.165) is 18.1 Å². The summed E-state index contributed by atoms with van der Waals surface area (Å²) in [6, 6.07) is 11.1. The standard InChI is InChI=1S/C15H17N5/c1-11(2)10-18-14-7-8-17-15(20-14)19-13-5-3-12(9-16)4-6-13/h3-8,11H,10H2,1-2H3,(H2,17,18,19,20). The van der Waals surface area contributed by atoms with E-state index < -0.39 is 0 Å². The molecule has 0 aliphatic carbocycles. The molecule has 2 aromatic rings. The first-order valence-corrected chi connectivity index (χ1v) is 6.51. The number of hydrogen-bond donors (Lipinski definition) is 2. The summed E-state index contributed by atoms with van der Waals surface area (Å²) in [7, 11) is 0. The van der Waals surface area contributed by atoms with Crippen molar-refractivity contribution in [3.05, 3.63) is 42.1 Å². The Balaban J connectivity index is 2.05. The predicted molar refractivity (Wildman–Crippen MR) is 79.8 cm³/mol. The summed E-state index contributed by atoms with van der Waals surface area (Å²) < 4.78 is 0. The second-order valence-electron chi connectivity index (χ2n) is 4.85. The van der Waals surface area contributed by atoms with Crippen LogP contribution in [0.25, 0.3) is 0 Å². The molecule has 0 spiro atoms. The number of aromatic nitrogens is 2. The van der Waals surface area contributed by atoms with E-state index in [0.29, 0.717) is 17.4 Å². The highest BCUT2D eigenvalue weighted by atomic mass is 15.1. The Hall–Kier alpha value is -2.61. The van der Waals surface area contributed by atoms with Crippen LogP contribution in [-0.4, -0.2) is 16.5 Å². The van der Waals surface area contributed by atoms with E-state index in [2.05, 4.69) is 40.5 Å². The fourth-order valence-corrected chi connectivity index (χ4v) is 1.58. The Morgan fingerprint density at radius 1 is 1.20 bits per heavy atom. The fourth-order valence-electron chi connectivity index (χ4n) is 1.58. The molecule has 20 heavy (non-hydrogen) atoms. The maximum absolute atomic E-state index is 8.76. The fraction of sp³-hybridized carbons (Fsp3) is 0.267. The normalized spacial score (nSPS) is 10.1. The number of nitrogens with one attached hydrogen (secondary N) is 2. The van der Waals surface area contributed by atoms with E-state index in [1.165, 1.54) is 0 Å². The minimum absolute atomic E-state index is 0.531. The third kappa shape index (κ3) is 3.95. The molecule has 1 aromatic heterocycles. The largest absolute Gasteiger partial charge is 0.370 e. The smallest absolute Gasteiger partial charge is 0.229 e. The molecule has 0 aliphatic heterocycles. The van der Waals surface area contributed by atoms with E-state index in [1.54, 1.807) is 18.3 Å². The van der Waals surface area contributed by atoms with E-state index in [-0.39, 0.29) is 0 Å². The van der Waals surface area contributed by atoms with Gasteiger partial charge in [-0.15, -0.1) is 0 Å². The molecule has 102 valence electrons. The molecule has 0 atom stereocenters. The van der Waals surface area contributed by atoms with Crippen molar-refractivity contribution >= 4 is 17.5 Å². The molecular weight excluding hydrogens is 250 g/mol. The van der Waals surface area contributed by atoms with Crippen LogP contribution in [0.4, 0.5) is 17.5 Å². The quantitative estimate of drug-likeness (QED) is 0.870. The summed E-state index contributed by atoms with van der Waals surface area (Å²) in [6.07, 6.45) is 1.71. The van der Waals surface area contributed by atoms with Crippen LogP contribution in [0.2, 0.25) is 0 Å². The van der Waals surface area contributed by atoms with E-state index in [4.69, 9.17) is 5.26 Å². The zero-order chi connectivity index (χ0) is 14.4. The van der Waals surface area contributed by atoms with Crippen molar-refractivity contribution in [1.82, 2.24) is 9.97 Å². The van der Waals surface area contributed by atoms with Crippen molar-refractivity contribution in [2.45, 2.75) is 13.8 Å². The molecule has 2 N–H and O–H groups in total. The summed E-state index contributed by atoms with van der Waals surface area (Å²) in [5.41, 5.74) is 1.48. The van der Waals surface area contributed by atoms with E-state index in [1.807, 2.05) is 18.2 Å². The lowest BCUT2D eigenvalue weighted by Gasteiger charge is -2.09. The zero-order valence-corrected chi connectivity index (χ0v) is 11.6. The highest BCUT2D eigenvalue weighted by Crippen LogP contribution is 2.15. The molecular formula is C15H17N5. The molecule has 5 heteroatoms. The second-order valence-corrected chi connectivity index (χ2v) is 4.85. The Morgan fingerprint density at radius 3 is 2.60 bits per heavy atom. The molecule has 0 fully saturated rings. The van der Waals surface area contributed by atoms with Crippen molar-refractivity contribution in [2.24, 2.45) is 5.92 Å². The topological polar surface area (TPSA) is 73.6 Å². The van der Waals surface area contributed by atoms with Gasteiger partial charge < -0.3 is 10.6 Å². The van der Waals surface area contributed by atoms with Crippen molar-refractivity contribution in [1.29, 1.82) is 5.26 Å². The van der Waals surface area contributed by atoms with Crippen LogP contribution >= 0.6 is 0 Å². The summed E-state index contributed by atoms with van der Waals surface area (Å²) in [5, 5.41) is 15.1. The first kappa shape index (κ1) is 13.8.